The van der Waals surface area contributed by atoms with E-state index in [1.54, 1.807) is 0 Å². The van der Waals surface area contributed by atoms with Crippen molar-refractivity contribution in [3.05, 3.63) is 35.9 Å². The van der Waals surface area contributed by atoms with Crippen molar-refractivity contribution in [1.82, 2.24) is 10.2 Å². The van der Waals surface area contributed by atoms with E-state index < -0.39 is 0 Å². The summed E-state index contributed by atoms with van der Waals surface area (Å²) in [5.41, 5.74) is 1.45. The predicted octanol–water partition coefficient (Wildman–Crippen LogP) is 3.17. The van der Waals surface area contributed by atoms with Crippen molar-refractivity contribution in [3.63, 3.8) is 0 Å². The molecule has 1 aliphatic heterocycles. The highest BCUT2D eigenvalue weighted by Crippen LogP contribution is 2.20. The van der Waals surface area contributed by atoms with E-state index >= 15 is 0 Å². The molecule has 1 saturated heterocycles. The molecule has 1 aromatic carbocycles. The van der Waals surface area contributed by atoms with Gasteiger partial charge in [0.15, 0.2) is 5.96 Å². The van der Waals surface area contributed by atoms with Crippen LogP contribution in [0.5, 0.6) is 0 Å². The summed E-state index contributed by atoms with van der Waals surface area (Å²) in [6, 6.07) is 10.8. The second kappa shape index (κ2) is 8.06. The Hall–Kier alpha value is -1.51. The van der Waals surface area contributed by atoms with Gasteiger partial charge in [0.2, 0.25) is 0 Å². The number of guanidine groups is 1. The van der Waals surface area contributed by atoms with Crippen LogP contribution < -0.4 is 5.32 Å². The lowest BCUT2D eigenvalue weighted by Crippen LogP contribution is -2.40. The van der Waals surface area contributed by atoms with Crippen molar-refractivity contribution >= 4 is 5.96 Å². The maximum atomic E-state index is 4.44. The summed E-state index contributed by atoms with van der Waals surface area (Å²) in [6.45, 7) is 7.78. The molecule has 1 unspecified atom stereocenters. The first-order valence-electron chi connectivity index (χ1n) is 8.18. The second-order valence-corrected chi connectivity index (χ2v) is 6.45. The Bertz CT molecular complexity index is 439. The van der Waals surface area contributed by atoms with E-state index in [0.717, 1.165) is 37.4 Å². The molecule has 0 bridgehead atoms. The number of likely N-dealkylation sites (tertiary alicyclic amines) is 1. The summed E-state index contributed by atoms with van der Waals surface area (Å²) in [6.07, 6.45) is 3.64. The highest BCUT2D eigenvalue weighted by molar-refractivity contribution is 5.80. The van der Waals surface area contributed by atoms with Crippen LogP contribution in [0.25, 0.3) is 0 Å². The molecular weight excluding hydrogens is 258 g/mol. The zero-order valence-electron chi connectivity index (χ0n) is 13.7. The standard InChI is InChI=1S/C18H29N3/c1-15(2)9-11-20-18(19-3)21-12-10-17(14-21)13-16-7-5-4-6-8-16/h4-8,15,17H,9-14H2,1-3H3,(H,19,20). The fourth-order valence-electron chi connectivity index (χ4n) is 2.94. The first-order chi connectivity index (χ1) is 10.2. The molecule has 0 radical (unpaired) electrons. The third-order valence-electron chi connectivity index (χ3n) is 4.17. The van der Waals surface area contributed by atoms with Crippen molar-refractivity contribution in [2.45, 2.75) is 33.1 Å². The summed E-state index contributed by atoms with van der Waals surface area (Å²) >= 11 is 0. The minimum atomic E-state index is 0.736. The number of aliphatic imine (C=N–C) groups is 1. The summed E-state index contributed by atoms with van der Waals surface area (Å²) < 4.78 is 0. The smallest absolute Gasteiger partial charge is 0.193 e. The molecule has 1 fully saturated rings. The van der Waals surface area contributed by atoms with Gasteiger partial charge in [-0.25, -0.2) is 0 Å². The summed E-state index contributed by atoms with van der Waals surface area (Å²) in [7, 11) is 1.89. The van der Waals surface area contributed by atoms with Crippen LogP contribution in [0.1, 0.15) is 32.3 Å². The van der Waals surface area contributed by atoms with Gasteiger partial charge in [0.25, 0.3) is 0 Å². The number of hydrogen-bond acceptors (Lipinski definition) is 1. The highest BCUT2D eigenvalue weighted by Gasteiger charge is 2.24. The van der Waals surface area contributed by atoms with E-state index in [4.69, 9.17) is 0 Å². The van der Waals surface area contributed by atoms with Crippen molar-refractivity contribution < 1.29 is 0 Å². The number of nitrogens with one attached hydrogen (secondary N) is 1. The molecule has 0 spiro atoms. The average Bonchev–Trinajstić information content (AvgIpc) is 2.93. The van der Waals surface area contributed by atoms with Gasteiger partial charge in [-0.2, -0.15) is 0 Å². The molecule has 1 aliphatic rings. The molecule has 0 aliphatic carbocycles. The Kier molecular flexibility index (Phi) is 6.09. The van der Waals surface area contributed by atoms with Crippen LogP contribution in [-0.2, 0) is 6.42 Å². The number of nitrogens with zero attached hydrogens (tertiary/aromatic N) is 2. The minimum absolute atomic E-state index is 0.736. The summed E-state index contributed by atoms with van der Waals surface area (Å²) in [5, 5.41) is 3.50. The van der Waals surface area contributed by atoms with Crippen LogP contribution in [0.4, 0.5) is 0 Å². The summed E-state index contributed by atoms with van der Waals surface area (Å²) in [4.78, 5) is 6.85. The zero-order chi connectivity index (χ0) is 15.1. The van der Waals surface area contributed by atoms with E-state index in [2.05, 4.69) is 59.4 Å². The molecule has 1 atom stereocenters. The molecule has 1 heterocycles. The monoisotopic (exact) mass is 287 g/mol. The van der Waals surface area contributed by atoms with Gasteiger partial charge in [-0.05, 0) is 36.7 Å². The van der Waals surface area contributed by atoms with Crippen LogP contribution in [0.15, 0.2) is 35.3 Å². The molecule has 0 saturated carbocycles. The van der Waals surface area contributed by atoms with Crippen LogP contribution >= 0.6 is 0 Å². The number of benzene rings is 1. The molecule has 116 valence electrons. The lowest BCUT2D eigenvalue weighted by molar-refractivity contribution is 0.455. The van der Waals surface area contributed by atoms with Crippen LogP contribution in [-0.4, -0.2) is 37.5 Å². The molecule has 0 amide bonds. The number of hydrogen-bond donors (Lipinski definition) is 1. The SMILES string of the molecule is CN=C(NCCC(C)C)N1CCC(Cc2ccccc2)C1. The topological polar surface area (TPSA) is 27.6 Å². The van der Waals surface area contributed by atoms with Crippen LogP contribution in [0.3, 0.4) is 0 Å². The Morgan fingerprint density at radius 1 is 1.33 bits per heavy atom. The largest absolute Gasteiger partial charge is 0.356 e. The Morgan fingerprint density at radius 3 is 2.76 bits per heavy atom. The Morgan fingerprint density at radius 2 is 2.10 bits per heavy atom. The third kappa shape index (κ3) is 5.07. The average molecular weight is 287 g/mol. The highest BCUT2D eigenvalue weighted by atomic mass is 15.3. The van der Waals surface area contributed by atoms with Gasteiger partial charge < -0.3 is 10.2 Å². The first-order valence-corrected chi connectivity index (χ1v) is 8.18. The van der Waals surface area contributed by atoms with E-state index in [9.17, 15) is 0 Å². The lowest BCUT2D eigenvalue weighted by atomic mass is 9.99. The predicted molar refractivity (Wildman–Crippen MR) is 90.6 cm³/mol. The molecule has 1 aromatic rings. The van der Waals surface area contributed by atoms with Gasteiger partial charge in [0, 0.05) is 26.7 Å². The third-order valence-corrected chi connectivity index (χ3v) is 4.17. The fraction of sp³-hybridized carbons (Fsp3) is 0.611. The van der Waals surface area contributed by atoms with E-state index in [0.29, 0.717) is 0 Å². The fourth-order valence-corrected chi connectivity index (χ4v) is 2.94. The van der Waals surface area contributed by atoms with E-state index in [1.807, 2.05) is 7.05 Å². The normalized spacial score (nSPS) is 19.3. The maximum absolute atomic E-state index is 4.44. The molecular formula is C18H29N3. The zero-order valence-corrected chi connectivity index (χ0v) is 13.7. The van der Waals surface area contributed by atoms with E-state index in [1.165, 1.54) is 24.8 Å². The van der Waals surface area contributed by atoms with Gasteiger partial charge in [-0.1, -0.05) is 44.2 Å². The van der Waals surface area contributed by atoms with Crippen molar-refractivity contribution in [3.8, 4) is 0 Å². The number of rotatable bonds is 5. The van der Waals surface area contributed by atoms with Crippen LogP contribution in [0, 0.1) is 11.8 Å². The molecule has 21 heavy (non-hydrogen) atoms. The molecule has 3 heteroatoms. The van der Waals surface area contributed by atoms with Gasteiger partial charge in [-0.15, -0.1) is 0 Å². The van der Waals surface area contributed by atoms with Gasteiger partial charge in [0.05, 0.1) is 0 Å². The second-order valence-electron chi connectivity index (χ2n) is 6.45. The van der Waals surface area contributed by atoms with Crippen LogP contribution in [0.2, 0.25) is 0 Å². The first kappa shape index (κ1) is 15.9. The molecule has 2 rings (SSSR count). The Labute approximate surface area is 129 Å². The summed E-state index contributed by atoms with van der Waals surface area (Å²) in [5.74, 6) is 2.56. The molecule has 3 nitrogen and oxygen atoms in total. The molecule has 1 N–H and O–H groups in total. The lowest BCUT2D eigenvalue weighted by Gasteiger charge is -2.22. The minimum Gasteiger partial charge on any atom is -0.356 e. The van der Waals surface area contributed by atoms with Crippen molar-refractivity contribution in [2.24, 2.45) is 16.8 Å². The van der Waals surface area contributed by atoms with Gasteiger partial charge in [-0.3, -0.25) is 4.99 Å². The van der Waals surface area contributed by atoms with Crippen molar-refractivity contribution in [1.29, 1.82) is 0 Å². The van der Waals surface area contributed by atoms with E-state index in [-0.39, 0.29) is 0 Å². The van der Waals surface area contributed by atoms with Gasteiger partial charge >= 0.3 is 0 Å². The maximum Gasteiger partial charge on any atom is 0.193 e. The van der Waals surface area contributed by atoms with Gasteiger partial charge in [0.1, 0.15) is 0 Å². The van der Waals surface area contributed by atoms with Crippen molar-refractivity contribution in [2.75, 3.05) is 26.7 Å². The Balaban J connectivity index is 1.80. The quantitative estimate of drug-likeness (QED) is 0.665. The molecule has 0 aromatic heterocycles.